The van der Waals surface area contributed by atoms with Crippen molar-refractivity contribution in [3.05, 3.63) is 223 Å². The van der Waals surface area contributed by atoms with Crippen molar-refractivity contribution in [2.45, 2.75) is 0 Å². The molecule has 0 spiro atoms. The van der Waals surface area contributed by atoms with E-state index < -0.39 is 0 Å². The Kier molecular flexibility index (Phi) is 7.52. The Morgan fingerprint density at radius 1 is 0.321 bits per heavy atom. The molecule has 10 aromatic rings. The van der Waals surface area contributed by atoms with Crippen LogP contribution in [0.1, 0.15) is 11.1 Å². The molecule has 0 N–H and O–H groups in total. The molecule has 0 bridgehead atoms. The van der Waals surface area contributed by atoms with Gasteiger partial charge < -0.3 is 4.90 Å². The molecule has 0 aliphatic carbocycles. The third-order valence-electron chi connectivity index (χ3n) is 11.4. The van der Waals surface area contributed by atoms with E-state index >= 15 is 0 Å². The van der Waals surface area contributed by atoms with Gasteiger partial charge in [-0.15, -0.1) is 0 Å². The standard InChI is InChI=1S/C55H35N/c1-2-17-47(18-3-1)56-52-21-11-8-14-40(52)31-33-53(56)41-26-22-39(23-27-41)44-30-32-50-51(36-44)55(46-29-25-38-13-5-7-16-43(38)35-46)49-20-10-9-19-48(49)54(50)45-28-24-37-12-4-6-15-42(37)34-45/h1-32,34-36H. The molecule has 0 saturated carbocycles. The second-order valence-electron chi connectivity index (χ2n) is 14.6. The van der Waals surface area contributed by atoms with Crippen molar-refractivity contribution in [1.82, 2.24) is 0 Å². The van der Waals surface area contributed by atoms with Crippen molar-refractivity contribution in [2.24, 2.45) is 0 Å². The predicted octanol–water partition coefficient (Wildman–Crippen LogP) is 15.1. The Morgan fingerprint density at radius 3 is 1.50 bits per heavy atom. The lowest BCUT2D eigenvalue weighted by Crippen LogP contribution is -2.17. The van der Waals surface area contributed by atoms with Crippen LogP contribution >= 0.6 is 0 Å². The van der Waals surface area contributed by atoms with E-state index in [4.69, 9.17) is 0 Å². The van der Waals surface area contributed by atoms with E-state index in [1.54, 1.807) is 0 Å². The van der Waals surface area contributed by atoms with Gasteiger partial charge in [0.1, 0.15) is 0 Å². The van der Waals surface area contributed by atoms with Crippen LogP contribution in [0.15, 0.2) is 212 Å². The summed E-state index contributed by atoms with van der Waals surface area (Å²) in [6, 6.07) is 75.2. The van der Waals surface area contributed by atoms with Gasteiger partial charge >= 0.3 is 0 Å². The number of hydrogen-bond acceptors (Lipinski definition) is 1. The molecule has 0 saturated heterocycles. The van der Waals surface area contributed by atoms with E-state index in [-0.39, 0.29) is 0 Å². The fourth-order valence-electron chi connectivity index (χ4n) is 8.69. The molecular formula is C55H35N. The summed E-state index contributed by atoms with van der Waals surface area (Å²) in [5, 5.41) is 9.98. The van der Waals surface area contributed by atoms with Crippen LogP contribution < -0.4 is 4.90 Å². The summed E-state index contributed by atoms with van der Waals surface area (Å²) in [4.78, 5) is 2.32. The van der Waals surface area contributed by atoms with Gasteiger partial charge in [0.2, 0.25) is 0 Å². The van der Waals surface area contributed by atoms with Gasteiger partial charge in [-0.1, -0.05) is 176 Å². The second-order valence-corrected chi connectivity index (χ2v) is 14.6. The first-order valence-electron chi connectivity index (χ1n) is 19.3. The monoisotopic (exact) mass is 709 g/mol. The Labute approximate surface area is 326 Å². The quantitative estimate of drug-likeness (QED) is 0.127. The molecule has 1 heterocycles. The molecule has 1 aliphatic heterocycles. The van der Waals surface area contributed by atoms with Gasteiger partial charge in [0.05, 0.1) is 11.4 Å². The molecule has 260 valence electrons. The molecule has 0 fully saturated rings. The van der Waals surface area contributed by atoms with Crippen molar-refractivity contribution < 1.29 is 0 Å². The molecule has 0 unspecified atom stereocenters. The van der Waals surface area contributed by atoms with Gasteiger partial charge in [0, 0.05) is 16.8 Å². The van der Waals surface area contributed by atoms with Gasteiger partial charge in [0.15, 0.2) is 0 Å². The largest absolute Gasteiger partial charge is 0.303 e. The van der Waals surface area contributed by atoms with Crippen LogP contribution in [0.3, 0.4) is 0 Å². The summed E-state index contributed by atoms with van der Waals surface area (Å²) >= 11 is 0. The fraction of sp³-hybridized carbons (Fsp3) is 0. The third-order valence-corrected chi connectivity index (χ3v) is 11.4. The van der Waals surface area contributed by atoms with Gasteiger partial charge in [-0.3, -0.25) is 0 Å². The smallest absolute Gasteiger partial charge is 0.0964 e. The lowest BCUT2D eigenvalue weighted by Gasteiger charge is -2.30. The zero-order chi connectivity index (χ0) is 37.0. The van der Waals surface area contributed by atoms with Crippen LogP contribution in [-0.2, 0) is 0 Å². The van der Waals surface area contributed by atoms with Crippen molar-refractivity contribution >= 4 is 66.2 Å². The third kappa shape index (κ3) is 5.34. The van der Waals surface area contributed by atoms with Crippen molar-refractivity contribution in [3.63, 3.8) is 0 Å². The minimum Gasteiger partial charge on any atom is -0.303 e. The number of rotatable bonds is 5. The van der Waals surface area contributed by atoms with Gasteiger partial charge in [-0.25, -0.2) is 0 Å². The van der Waals surface area contributed by atoms with Crippen molar-refractivity contribution in [3.8, 4) is 33.4 Å². The molecule has 1 heteroatoms. The van der Waals surface area contributed by atoms with Crippen LogP contribution in [0.2, 0.25) is 0 Å². The Hall–Kier alpha value is -7.44. The number of fused-ring (bicyclic) bond motifs is 5. The predicted molar refractivity (Wildman–Crippen MR) is 239 cm³/mol. The highest BCUT2D eigenvalue weighted by molar-refractivity contribution is 6.22. The number of para-hydroxylation sites is 2. The van der Waals surface area contributed by atoms with Crippen LogP contribution in [0.5, 0.6) is 0 Å². The Balaban J connectivity index is 1.10. The number of anilines is 2. The zero-order valence-corrected chi connectivity index (χ0v) is 30.7. The van der Waals surface area contributed by atoms with E-state index in [2.05, 4.69) is 223 Å². The average molecular weight is 710 g/mol. The molecule has 0 aromatic heterocycles. The van der Waals surface area contributed by atoms with Crippen molar-refractivity contribution in [1.29, 1.82) is 0 Å². The normalized spacial score (nSPS) is 12.4. The second kappa shape index (κ2) is 13.1. The van der Waals surface area contributed by atoms with E-state index in [0.717, 1.165) is 28.2 Å². The summed E-state index contributed by atoms with van der Waals surface area (Å²) in [5.41, 5.74) is 16.5. The summed E-state index contributed by atoms with van der Waals surface area (Å²) in [6.45, 7) is 0. The molecule has 0 atom stereocenters. The Morgan fingerprint density at radius 2 is 0.821 bits per heavy atom. The molecule has 0 amide bonds. The van der Waals surface area contributed by atoms with Crippen LogP contribution in [0, 0.1) is 0 Å². The maximum atomic E-state index is 3.63. The van der Waals surface area contributed by atoms with Gasteiger partial charge in [0.25, 0.3) is 0 Å². The van der Waals surface area contributed by atoms with Gasteiger partial charge in [-0.05, 0) is 119 Å². The lowest BCUT2D eigenvalue weighted by atomic mass is 9.84. The molecular weight excluding hydrogens is 675 g/mol. The van der Waals surface area contributed by atoms with E-state index in [9.17, 15) is 0 Å². The highest BCUT2D eigenvalue weighted by Crippen LogP contribution is 2.46. The topological polar surface area (TPSA) is 3.24 Å². The van der Waals surface area contributed by atoms with E-state index in [1.807, 2.05) is 0 Å². The van der Waals surface area contributed by atoms with Crippen LogP contribution in [0.25, 0.3) is 88.2 Å². The molecule has 1 aliphatic rings. The zero-order valence-electron chi connectivity index (χ0n) is 30.7. The summed E-state index contributed by atoms with van der Waals surface area (Å²) in [5.74, 6) is 0. The highest BCUT2D eigenvalue weighted by atomic mass is 15.2. The minimum absolute atomic E-state index is 1.03. The SMILES string of the molecule is C1=Cc2ccccc2N(c2ccccc2)C=1c1ccc(-c2ccc3c(-c4ccc5ccccc5c4)c4ccccc4c(-c4ccc5ccccc5c4)c3c2)cc1. The summed E-state index contributed by atoms with van der Waals surface area (Å²) in [6.07, 6.45) is 2.10. The molecule has 11 rings (SSSR count). The van der Waals surface area contributed by atoms with E-state index in [1.165, 1.54) is 76.5 Å². The highest BCUT2D eigenvalue weighted by Gasteiger charge is 2.22. The lowest BCUT2D eigenvalue weighted by molar-refractivity contribution is 1.28. The number of nitrogens with zero attached hydrogens (tertiary/aromatic N) is 1. The molecule has 56 heavy (non-hydrogen) atoms. The minimum atomic E-state index is 1.03. The molecule has 10 aromatic carbocycles. The maximum Gasteiger partial charge on any atom is 0.0964 e. The number of benzene rings is 10. The Bertz CT molecular complexity index is 3220. The first-order chi connectivity index (χ1) is 27.8. The number of hydrogen-bond donors (Lipinski definition) is 0. The molecule has 1 nitrogen and oxygen atoms in total. The van der Waals surface area contributed by atoms with Crippen molar-refractivity contribution in [2.75, 3.05) is 4.90 Å². The maximum absolute atomic E-state index is 3.63. The first kappa shape index (κ1) is 32.0. The average Bonchev–Trinajstić information content (AvgIpc) is 3.27. The van der Waals surface area contributed by atoms with Crippen LogP contribution in [0.4, 0.5) is 11.4 Å². The van der Waals surface area contributed by atoms with E-state index in [0.29, 0.717) is 0 Å². The molecule has 0 radical (unpaired) electrons. The van der Waals surface area contributed by atoms with Gasteiger partial charge in [-0.2, -0.15) is 0 Å². The summed E-state index contributed by atoms with van der Waals surface area (Å²) < 4.78 is 0. The first-order valence-corrected chi connectivity index (χ1v) is 19.3. The summed E-state index contributed by atoms with van der Waals surface area (Å²) in [7, 11) is 0. The fourth-order valence-corrected chi connectivity index (χ4v) is 8.69. The van der Waals surface area contributed by atoms with Crippen LogP contribution in [-0.4, -0.2) is 0 Å².